The zero-order valence-electron chi connectivity index (χ0n) is 17.2. The maximum atomic E-state index is 13.5. The third kappa shape index (κ3) is 3.93. The Morgan fingerprint density at radius 2 is 1.93 bits per heavy atom. The molecule has 0 spiro atoms. The highest BCUT2D eigenvalue weighted by molar-refractivity contribution is 6.06. The van der Waals surface area contributed by atoms with E-state index in [9.17, 15) is 9.59 Å². The first-order valence-corrected chi connectivity index (χ1v) is 11.0. The highest BCUT2D eigenvalue weighted by Crippen LogP contribution is 2.29. The summed E-state index contributed by atoms with van der Waals surface area (Å²) in [6.45, 7) is 4.24. The molecular weight excluding hydrogens is 364 g/mol. The van der Waals surface area contributed by atoms with Crippen molar-refractivity contribution in [1.82, 2.24) is 14.9 Å². The fraction of sp³-hybridized carbons (Fsp3) is 0.522. The molecule has 2 aliphatic rings. The monoisotopic (exact) mass is 394 g/mol. The lowest BCUT2D eigenvalue weighted by molar-refractivity contribution is 0.0947. The second-order valence-electron chi connectivity index (χ2n) is 7.99. The van der Waals surface area contributed by atoms with Crippen LogP contribution in [0.1, 0.15) is 77.8 Å². The van der Waals surface area contributed by atoms with Gasteiger partial charge in [-0.2, -0.15) is 0 Å². The molecule has 29 heavy (non-hydrogen) atoms. The van der Waals surface area contributed by atoms with Gasteiger partial charge in [-0.15, -0.1) is 0 Å². The fourth-order valence-corrected chi connectivity index (χ4v) is 4.41. The summed E-state index contributed by atoms with van der Waals surface area (Å²) in [5.41, 5.74) is 3.53. The molecule has 0 bridgehead atoms. The Kier molecular flexibility index (Phi) is 5.97. The van der Waals surface area contributed by atoms with Crippen molar-refractivity contribution in [3.8, 4) is 0 Å². The van der Waals surface area contributed by atoms with E-state index in [2.05, 4.69) is 23.3 Å². The van der Waals surface area contributed by atoms with E-state index in [0.717, 1.165) is 69.3 Å². The Balaban J connectivity index is 1.62. The van der Waals surface area contributed by atoms with Crippen LogP contribution < -0.4 is 10.2 Å². The number of benzene rings is 1. The van der Waals surface area contributed by atoms with Gasteiger partial charge in [-0.25, -0.2) is 4.98 Å². The van der Waals surface area contributed by atoms with Crippen LogP contribution in [-0.4, -0.2) is 34.5 Å². The predicted octanol–water partition coefficient (Wildman–Crippen LogP) is 3.73. The lowest BCUT2D eigenvalue weighted by Gasteiger charge is -2.29. The number of hydrogen-bond acceptors (Lipinski definition) is 3. The van der Waals surface area contributed by atoms with Crippen molar-refractivity contribution in [2.45, 2.75) is 64.8 Å². The van der Waals surface area contributed by atoms with E-state index >= 15 is 0 Å². The van der Waals surface area contributed by atoms with E-state index in [0.29, 0.717) is 24.6 Å². The Morgan fingerprint density at radius 1 is 1.07 bits per heavy atom. The number of carbonyl (C=O) groups excluding carboxylic acids is 2. The number of amides is 2. The highest BCUT2D eigenvalue weighted by atomic mass is 16.2. The van der Waals surface area contributed by atoms with Crippen LogP contribution in [0.2, 0.25) is 0 Å². The van der Waals surface area contributed by atoms with Crippen molar-refractivity contribution in [3.05, 3.63) is 47.0 Å². The molecule has 2 aliphatic heterocycles. The number of fused-ring (bicyclic) bond motifs is 2. The summed E-state index contributed by atoms with van der Waals surface area (Å²) >= 11 is 0. The first kappa shape index (κ1) is 19.7. The molecule has 4 rings (SSSR count). The van der Waals surface area contributed by atoms with Crippen LogP contribution in [0.25, 0.3) is 0 Å². The van der Waals surface area contributed by atoms with Gasteiger partial charge in [0.2, 0.25) is 5.82 Å². The average molecular weight is 395 g/mol. The minimum atomic E-state index is -0.148. The second-order valence-corrected chi connectivity index (χ2v) is 7.99. The summed E-state index contributed by atoms with van der Waals surface area (Å²) in [5.74, 6) is 0.172. The van der Waals surface area contributed by atoms with Crippen LogP contribution in [0.4, 0.5) is 5.69 Å². The van der Waals surface area contributed by atoms with Crippen LogP contribution >= 0.6 is 0 Å². The summed E-state index contributed by atoms with van der Waals surface area (Å²) in [4.78, 5) is 32.7. The molecule has 6 heteroatoms. The second kappa shape index (κ2) is 8.80. The van der Waals surface area contributed by atoms with Gasteiger partial charge in [0, 0.05) is 25.3 Å². The fourth-order valence-electron chi connectivity index (χ4n) is 4.41. The molecule has 0 unspecified atom stereocenters. The molecule has 0 saturated carbocycles. The minimum Gasteiger partial charge on any atom is -0.351 e. The van der Waals surface area contributed by atoms with Crippen molar-refractivity contribution >= 4 is 17.5 Å². The van der Waals surface area contributed by atoms with Crippen molar-refractivity contribution in [3.63, 3.8) is 0 Å². The Morgan fingerprint density at radius 3 is 2.79 bits per heavy atom. The van der Waals surface area contributed by atoms with E-state index in [-0.39, 0.29) is 11.8 Å². The van der Waals surface area contributed by atoms with Gasteiger partial charge >= 0.3 is 0 Å². The highest BCUT2D eigenvalue weighted by Gasteiger charge is 2.31. The molecule has 1 aromatic heterocycles. The molecule has 0 aliphatic carbocycles. The topological polar surface area (TPSA) is 67.2 Å². The van der Waals surface area contributed by atoms with E-state index in [1.165, 1.54) is 5.56 Å². The maximum absolute atomic E-state index is 13.5. The molecule has 154 valence electrons. The number of nitrogens with zero attached hydrogens (tertiary/aromatic N) is 3. The van der Waals surface area contributed by atoms with Gasteiger partial charge in [-0.05, 0) is 50.2 Å². The van der Waals surface area contributed by atoms with Gasteiger partial charge in [0.05, 0.1) is 5.69 Å². The zero-order valence-corrected chi connectivity index (χ0v) is 17.2. The van der Waals surface area contributed by atoms with Crippen LogP contribution in [0.15, 0.2) is 24.3 Å². The molecule has 2 aromatic rings. The number of unbranched alkanes of at least 4 members (excludes halogenated alkanes) is 2. The number of imidazole rings is 1. The van der Waals surface area contributed by atoms with Crippen LogP contribution in [0, 0.1) is 0 Å². The largest absolute Gasteiger partial charge is 0.351 e. The average Bonchev–Trinajstić information content (AvgIpc) is 3.15. The minimum absolute atomic E-state index is 0.0923. The lowest BCUT2D eigenvalue weighted by Crippen LogP contribution is -2.37. The van der Waals surface area contributed by atoms with Gasteiger partial charge in [0.1, 0.15) is 5.69 Å². The smallest absolute Gasteiger partial charge is 0.294 e. The van der Waals surface area contributed by atoms with E-state index in [1.807, 2.05) is 27.7 Å². The molecule has 0 fully saturated rings. The summed E-state index contributed by atoms with van der Waals surface area (Å²) in [6.07, 6.45) is 7.96. The van der Waals surface area contributed by atoms with Gasteiger partial charge in [-0.1, -0.05) is 38.0 Å². The molecule has 1 N–H and O–H groups in total. The predicted molar refractivity (Wildman–Crippen MR) is 113 cm³/mol. The number of nitrogens with one attached hydrogen (secondary N) is 1. The summed E-state index contributed by atoms with van der Waals surface area (Å²) in [6, 6.07) is 8.09. The molecule has 6 nitrogen and oxygen atoms in total. The van der Waals surface area contributed by atoms with Crippen molar-refractivity contribution in [1.29, 1.82) is 0 Å². The van der Waals surface area contributed by atoms with Crippen molar-refractivity contribution < 1.29 is 9.59 Å². The lowest BCUT2D eigenvalue weighted by atomic mass is 10.0. The van der Waals surface area contributed by atoms with E-state index < -0.39 is 0 Å². The zero-order chi connectivity index (χ0) is 20.2. The first-order valence-electron chi connectivity index (χ1n) is 11.0. The number of carbonyl (C=O) groups is 2. The third-order valence-electron chi connectivity index (χ3n) is 5.95. The van der Waals surface area contributed by atoms with E-state index in [4.69, 9.17) is 0 Å². The van der Waals surface area contributed by atoms with Gasteiger partial charge < -0.3 is 14.8 Å². The van der Waals surface area contributed by atoms with E-state index in [1.54, 1.807) is 0 Å². The SMILES string of the molecule is CCCCCNC(=O)c1nc(C(=O)N2CCCc3ccccc32)n2c1CCCC2. The molecule has 0 saturated heterocycles. The molecular formula is C23H30N4O2. The molecule has 0 radical (unpaired) electrons. The van der Waals surface area contributed by atoms with Crippen LogP contribution in [0.3, 0.4) is 0 Å². The molecule has 2 amide bonds. The van der Waals surface area contributed by atoms with Crippen LogP contribution in [-0.2, 0) is 19.4 Å². The summed E-state index contributed by atoms with van der Waals surface area (Å²) in [7, 11) is 0. The first-order chi connectivity index (χ1) is 14.2. The number of rotatable bonds is 6. The Labute approximate surface area is 172 Å². The number of para-hydroxylation sites is 1. The van der Waals surface area contributed by atoms with Crippen molar-refractivity contribution in [2.24, 2.45) is 0 Å². The quantitative estimate of drug-likeness (QED) is 0.759. The molecule has 0 atom stereocenters. The van der Waals surface area contributed by atoms with Crippen LogP contribution in [0.5, 0.6) is 0 Å². The molecule has 3 heterocycles. The van der Waals surface area contributed by atoms with Gasteiger partial charge in [0.15, 0.2) is 0 Å². The summed E-state index contributed by atoms with van der Waals surface area (Å²) in [5, 5.41) is 2.99. The summed E-state index contributed by atoms with van der Waals surface area (Å²) < 4.78 is 1.99. The number of anilines is 1. The van der Waals surface area contributed by atoms with Crippen molar-refractivity contribution in [2.75, 3.05) is 18.0 Å². The van der Waals surface area contributed by atoms with Gasteiger partial charge in [0.25, 0.3) is 11.8 Å². The standard InChI is InChI=1S/C23H30N4O2/c1-2-3-7-14-24-22(28)20-19-13-6-8-15-26(19)21(25-20)23(29)27-16-9-11-17-10-4-5-12-18(17)27/h4-5,10,12H,2-3,6-9,11,13-16H2,1H3,(H,24,28). The number of hydrogen-bond donors (Lipinski definition) is 1. The third-order valence-corrected chi connectivity index (χ3v) is 5.95. The Bertz CT molecular complexity index is 902. The van der Waals surface area contributed by atoms with Gasteiger partial charge in [-0.3, -0.25) is 9.59 Å². The Hall–Kier alpha value is -2.63. The normalized spacial score (nSPS) is 15.6. The number of aryl methyl sites for hydroxylation is 1. The maximum Gasteiger partial charge on any atom is 0.294 e. The number of aromatic nitrogens is 2. The molecule has 1 aromatic carbocycles.